The highest BCUT2D eigenvalue weighted by molar-refractivity contribution is 5.91. The molecule has 2 saturated carbocycles. The van der Waals surface area contributed by atoms with Crippen molar-refractivity contribution in [3.63, 3.8) is 0 Å². The van der Waals surface area contributed by atoms with Crippen LogP contribution in [-0.2, 0) is 23.8 Å². The van der Waals surface area contributed by atoms with Crippen LogP contribution in [0.15, 0.2) is 23.8 Å². The van der Waals surface area contributed by atoms with E-state index in [1.807, 2.05) is 6.92 Å². The van der Waals surface area contributed by atoms with Crippen LogP contribution in [0.1, 0.15) is 47.0 Å². The van der Waals surface area contributed by atoms with E-state index in [4.69, 9.17) is 14.2 Å². The summed E-state index contributed by atoms with van der Waals surface area (Å²) < 4.78 is 17.7. The molecule has 2 aliphatic carbocycles. The third-order valence-corrected chi connectivity index (χ3v) is 6.96. The lowest BCUT2D eigenvalue weighted by atomic mass is 9.78. The van der Waals surface area contributed by atoms with Crippen LogP contribution in [0.4, 0.5) is 0 Å². The molecular formula is C20H26O5. The van der Waals surface area contributed by atoms with Crippen molar-refractivity contribution in [2.45, 2.75) is 70.4 Å². The van der Waals surface area contributed by atoms with Gasteiger partial charge in [0.05, 0.1) is 5.60 Å². The normalized spacial score (nSPS) is 48.2. The Morgan fingerprint density at radius 1 is 1.40 bits per heavy atom. The molecule has 1 spiro atoms. The summed E-state index contributed by atoms with van der Waals surface area (Å²) >= 11 is 0. The molecule has 0 amide bonds. The third kappa shape index (κ3) is 2.17. The van der Waals surface area contributed by atoms with E-state index in [0.717, 1.165) is 12.8 Å². The Kier molecular flexibility index (Phi) is 3.50. The fraction of sp³-hybridized carbons (Fsp3) is 0.700. The highest BCUT2D eigenvalue weighted by atomic mass is 16.6. The maximum atomic E-state index is 12.3. The molecule has 2 saturated heterocycles. The molecule has 0 aromatic heterocycles. The van der Waals surface area contributed by atoms with Gasteiger partial charge in [0.1, 0.15) is 17.8 Å². The quantitative estimate of drug-likeness (QED) is 0.437. The number of hydrogen-bond acceptors (Lipinski definition) is 5. The molecule has 25 heavy (non-hydrogen) atoms. The van der Waals surface area contributed by atoms with Gasteiger partial charge in [-0.25, -0.2) is 9.59 Å². The maximum absolute atomic E-state index is 12.3. The molecule has 136 valence electrons. The molecular weight excluding hydrogens is 320 g/mol. The van der Waals surface area contributed by atoms with Crippen molar-refractivity contribution in [3.05, 3.63) is 23.8 Å². The second kappa shape index (κ2) is 5.19. The van der Waals surface area contributed by atoms with E-state index in [1.54, 1.807) is 13.0 Å². The molecule has 1 unspecified atom stereocenters. The highest BCUT2D eigenvalue weighted by Crippen LogP contribution is 2.69. The van der Waals surface area contributed by atoms with Crippen LogP contribution in [-0.4, -0.2) is 35.3 Å². The van der Waals surface area contributed by atoms with Crippen LogP contribution in [0.3, 0.4) is 0 Å². The average Bonchev–Trinajstić information content (AvgIpc) is 2.98. The number of ether oxygens (including phenoxy) is 3. The standard InChI is InChI=1S/C20H26O5/c1-6-10(2)17(21)24-15-9-19(5)20(25-19)8-13-12(4)18(22)23-14(13)7-11(3)16(15)20/h6,11,13-16H,4,7-9H2,1-3,5H3/b10-6+/t11-,13+,14+,15+,16+,19-,20?/m0/s1. The molecule has 5 nitrogen and oxygen atoms in total. The summed E-state index contributed by atoms with van der Waals surface area (Å²) in [5.74, 6) is -0.150. The number of esters is 2. The van der Waals surface area contributed by atoms with Gasteiger partial charge in [0.2, 0.25) is 0 Å². The molecule has 4 rings (SSSR count). The smallest absolute Gasteiger partial charge is 0.334 e. The Morgan fingerprint density at radius 3 is 2.80 bits per heavy atom. The van der Waals surface area contributed by atoms with Crippen LogP contribution < -0.4 is 0 Å². The Hall–Kier alpha value is -1.62. The number of fused-ring (bicyclic) bond motifs is 1. The number of carbonyl (C=O) groups is 2. The average molecular weight is 346 g/mol. The first kappa shape index (κ1) is 16.8. The molecule has 0 aromatic rings. The van der Waals surface area contributed by atoms with Crippen LogP contribution >= 0.6 is 0 Å². The summed E-state index contributed by atoms with van der Waals surface area (Å²) in [4.78, 5) is 24.2. The van der Waals surface area contributed by atoms with Gasteiger partial charge in [0.15, 0.2) is 0 Å². The second-order valence-corrected chi connectivity index (χ2v) is 8.36. The van der Waals surface area contributed by atoms with Gasteiger partial charge >= 0.3 is 11.9 Å². The van der Waals surface area contributed by atoms with E-state index in [-0.39, 0.29) is 53.1 Å². The summed E-state index contributed by atoms with van der Waals surface area (Å²) in [5.41, 5.74) is 0.565. The number of rotatable bonds is 2. The number of hydrogen-bond donors (Lipinski definition) is 0. The zero-order chi connectivity index (χ0) is 18.1. The van der Waals surface area contributed by atoms with Crippen LogP contribution in [0.2, 0.25) is 0 Å². The van der Waals surface area contributed by atoms with E-state index in [2.05, 4.69) is 20.4 Å². The number of allylic oxidation sites excluding steroid dienone is 1. The van der Waals surface area contributed by atoms with Crippen LogP contribution in [0.25, 0.3) is 0 Å². The fourth-order valence-electron chi connectivity index (χ4n) is 5.48. The lowest BCUT2D eigenvalue weighted by Gasteiger charge is -2.30. The lowest BCUT2D eigenvalue weighted by molar-refractivity contribution is -0.150. The summed E-state index contributed by atoms with van der Waals surface area (Å²) in [5, 5.41) is 0. The Balaban J connectivity index is 1.63. The summed E-state index contributed by atoms with van der Waals surface area (Å²) in [6, 6.07) is 0. The van der Waals surface area contributed by atoms with E-state index in [0.29, 0.717) is 17.6 Å². The van der Waals surface area contributed by atoms with E-state index in [9.17, 15) is 9.59 Å². The topological polar surface area (TPSA) is 65.1 Å². The van der Waals surface area contributed by atoms with Crippen molar-refractivity contribution >= 4 is 11.9 Å². The molecule has 4 aliphatic rings. The van der Waals surface area contributed by atoms with Crippen LogP contribution in [0, 0.1) is 17.8 Å². The van der Waals surface area contributed by atoms with E-state index >= 15 is 0 Å². The van der Waals surface area contributed by atoms with E-state index < -0.39 is 0 Å². The summed E-state index contributed by atoms with van der Waals surface area (Å²) in [6.07, 6.45) is 3.69. The molecule has 7 atom stereocenters. The second-order valence-electron chi connectivity index (χ2n) is 8.36. The van der Waals surface area contributed by atoms with Gasteiger partial charge in [0, 0.05) is 29.4 Å². The van der Waals surface area contributed by atoms with E-state index in [1.165, 1.54) is 0 Å². The lowest BCUT2D eigenvalue weighted by Crippen LogP contribution is -2.37. The summed E-state index contributed by atoms with van der Waals surface area (Å²) in [6.45, 7) is 11.8. The van der Waals surface area contributed by atoms with Crippen molar-refractivity contribution < 1.29 is 23.8 Å². The van der Waals surface area contributed by atoms with Crippen molar-refractivity contribution in [2.75, 3.05) is 0 Å². The fourth-order valence-corrected chi connectivity index (χ4v) is 5.48. The largest absolute Gasteiger partial charge is 0.458 e. The van der Waals surface area contributed by atoms with Gasteiger partial charge in [-0.15, -0.1) is 0 Å². The van der Waals surface area contributed by atoms with Gasteiger partial charge in [0.25, 0.3) is 0 Å². The molecule has 0 radical (unpaired) electrons. The Morgan fingerprint density at radius 2 is 2.12 bits per heavy atom. The minimum atomic E-state index is -0.336. The minimum absolute atomic E-state index is 0.00787. The zero-order valence-corrected chi connectivity index (χ0v) is 15.3. The predicted molar refractivity (Wildman–Crippen MR) is 90.5 cm³/mol. The SMILES string of the molecule is C=C1C(=O)O[C@@H]2C[C@H](C)[C@@H]3[C@H](OC(=O)/C(C)=C/C)C[C@]4(C)OC34C[C@H]12. The van der Waals surface area contributed by atoms with Gasteiger partial charge in [-0.2, -0.15) is 0 Å². The minimum Gasteiger partial charge on any atom is -0.458 e. The van der Waals surface area contributed by atoms with Crippen molar-refractivity contribution in [1.29, 1.82) is 0 Å². The Bertz CT molecular complexity index is 694. The molecule has 0 bridgehead atoms. The number of epoxide rings is 1. The van der Waals surface area contributed by atoms with Gasteiger partial charge in [-0.1, -0.05) is 19.6 Å². The molecule has 0 N–H and O–H groups in total. The highest BCUT2D eigenvalue weighted by Gasteiger charge is 2.79. The van der Waals surface area contributed by atoms with Gasteiger partial charge in [-0.05, 0) is 39.5 Å². The zero-order valence-electron chi connectivity index (χ0n) is 15.3. The first-order valence-corrected chi connectivity index (χ1v) is 9.16. The summed E-state index contributed by atoms with van der Waals surface area (Å²) in [7, 11) is 0. The third-order valence-electron chi connectivity index (χ3n) is 6.96. The van der Waals surface area contributed by atoms with Crippen LogP contribution in [0.5, 0.6) is 0 Å². The molecule has 2 aliphatic heterocycles. The molecule has 0 aromatic carbocycles. The molecule has 2 heterocycles. The van der Waals surface area contributed by atoms with Crippen molar-refractivity contribution in [1.82, 2.24) is 0 Å². The first-order chi connectivity index (χ1) is 11.7. The number of carbonyl (C=O) groups excluding carboxylic acids is 2. The Labute approximate surface area is 148 Å². The molecule has 4 fully saturated rings. The van der Waals surface area contributed by atoms with Gasteiger partial charge < -0.3 is 14.2 Å². The monoisotopic (exact) mass is 346 g/mol. The van der Waals surface area contributed by atoms with Crippen molar-refractivity contribution in [3.8, 4) is 0 Å². The molecule has 5 heteroatoms. The van der Waals surface area contributed by atoms with Crippen molar-refractivity contribution in [2.24, 2.45) is 17.8 Å². The maximum Gasteiger partial charge on any atom is 0.334 e. The van der Waals surface area contributed by atoms with Gasteiger partial charge in [-0.3, -0.25) is 0 Å². The predicted octanol–water partition coefficient (Wildman–Crippen LogP) is 2.94. The first-order valence-electron chi connectivity index (χ1n) is 9.16.